The number of hydrogen-bond acceptors (Lipinski definition) is 5. The topological polar surface area (TPSA) is 80.0 Å². The Kier molecular flexibility index (Phi) is 6.45. The molecule has 2 aromatic carbocycles. The third kappa shape index (κ3) is 5.04. The second-order valence-corrected chi connectivity index (χ2v) is 10.9. The van der Waals surface area contributed by atoms with Gasteiger partial charge < -0.3 is 4.74 Å². The van der Waals surface area contributed by atoms with Gasteiger partial charge in [-0.15, -0.1) is 0 Å². The summed E-state index contributed by atoms with van der Waals surface area (Å²) < 4.78 is 29.6. The third-order valence-corrected chi connectivity index (χ3v) is 7.38. The first-order valence-electron chi connectivity index (χ1n) is 11.6. The fourth-order valence-corrected chi connectivity index (χ4v) is 5.02. The fourth-order valence-electron chi connectivity index (χ4n) is 4.35. The summed E-state index contributed by atoms with van der Waals surface area (Å²) >= 11 is 0. The van der Waals surface area contributed by atoms with Crippen LogP contribution in [0.15, 0.2) is 72.0 Å². The van der Waals surface area contributed by atoms with Crippen molar-refractivity contribution in [3.63, 3.8) is 0 Å². The molecule has 1 atom stereocenters. The van der Waals surface area contributed by atoms with E-state index in [1.165, 1.54) is 38.6 Å². The molecule has 0 aliphatic carbocycles. The van der Waals surface area contributed by atoms with Crippen molar-refractivity contribution in [2.75, 3.05) is 32.5 Å². The van der Waals surface area contributed by atoms with Gasteiger partial charge in [-0.1, -0.05) is 34.9 Å². The zero-order chi connectivity index (χ0) is 23.5. The largest absolute Gasteiger partial charge is 0.492 e. The van der Waals surface area contributed by atoms with Crippen molar-refractivity contribution in [1.82, 2.24) is 19.5 Å². The van der Waals surface area contributed by atoms with Gasteiger partial charge in [-0.25, -0.2) is 9.50 Å². The summed E-state index contributed by atoms with van der Waals surface area (Å²) in [4.78, 5) is 7.50. The molecule has 176 valence electrons. The zero-order valence-corrected chi connectivity index (χ0v) is 20.1. The van der Waals surface area contributed by atoms with E-state index >= 15 is 0 Å². The Morgan fingerprint density at radius 1 is 1.00 bits per heavy atom. The molecule has 5 rings (SSSR count). The van der Waals surface area contributed by atoms with Crippen LogP contribution in [-0.2, 0) is 14.4 Å². The van der Waals surface area contributed by atoms with Gasteiger partial charge in [0.05, 0.1) is 6.20 Å². The highest BCUT2D eigenvalue weighted by Gasteiger charge is 2.22. The lowest BCUT2D eigenvalue weighted by Gasteiger charge is -2.26. The molecule has 1 unspecified atom stereocenters. The molecule has 8 heteroatoms. The van der Waals surface area contributed by atoms with Crippen LogP contribution in [-0.4, -0.2) is 56.5 Å². The van der Waals surface area contributed by atoms with Crippen molar-refractivity contribution in [2.45, 2.75) is 24.2 Å². The summed E-state index contributed by atoms with van der Waals surface area (Å²) in [6, 6.07) is 15.1. The van der Waals surface area contributed by atoms with Crippen LogP contribution < -0.4 is 4.74 Å². The van der Waals surface area contributed by atoms with Crippen LogP contribution in [0.25, 0.3) is 27.9 Å². The Hall–Kier alpha value is -3.07. The summed E-state index contributed by atoms with van der Waals surface area (Å²) in [5, 5.41) is 4.47. The van der Waals surface area contributed by atoms with Crippen molar-refractivity contribution in [2.24, 2.45) is 0 Å². The molecule has 0 bridgehead atoms. The van der Waals surface area contributed by atoms with Gasteiger partial charge in [-0.2, -0.15) is 9.65 Å². The lowest BCUT2D eigenvalue weighted by molar-refractivity contribution is 0.183. The Morgan fingerprint density at radius 2 is 1.79 bits per heavy atom. The number of piperidine rings is 1. The van der Waals surface area contributed by atoms with Gasteiger partial charge in [0.15, 0.2) is 10.5 Å². The number of nitrogens with zero attached hydrogens (tertiary/aromatic N) is 4. The molecule has 1 aliphatic rings. The molecule has 1 saturated heterocycles. The van der Waals surface area contributed by atoms with Gasteiger partial charge in [0.1, 0.15) is 18.6 Å². The minimum absolute atomic E-state index is 0.388. The first-order valence-corrected chi connectivity index (χ1v) is 13.5. The van der Waals surface area contributed by atoms with E-state index in [0.717, 1.165) is 34.5 Å². The van der Waals surface area contributed by atoms with E-state index in [1.54, 1.807) is 28.9 Å². The van der Waals surface area contributed by atoms with Gasteiger partial charge in [0, 0.05) is 36.1 Å². The summed E-state index contributed by atoms with van der Waals surface area (Å²) in [7, 11) is -3.04. The molecule has 1 N–H and O–H groups in total. The number of benzene rings is 2. The highest BCUT2D eigenvalue weighted by molar-refractivity contribution is 7.97. The van der Waals surface area contributed by atoms with Crippen LogP contribution in [0, 0.1) is 0 Å². The van der Waals surface area contributed by atoms with E-state index in [0.29, 0.717) is 17.1 Å². The predicted molar refractivity (Wildman–Crippen MR) is 135 cm³/mol. The van der Waals surface area contributed by atoms with Crippen LogP contribution in [0.4, 0.5) is 0 Å². The minimum Gasteiger partial charge on any atom is -0.492 e. The summed E-state index contributed by atoms with van der Waals surface area (Å²) in [6.45, 7) is 4.03. The number of likely N-dealkylation sites (tertiary alicyclic amines) is 1. The molecule has 0 saturated carbocycles. The first-order chi connectivity index (χ1) is 16.5. The van der Waals surface area contributed by atoms with Gasteiger partial charge >= 0.3 is 0 Å². The standard InChI is InChI=1S/C26H28N4O3S/c1-34(31,32)24-7-5-6-21(16-24)25-18-28-30-19-22(17-27-26(25)30)20-8-10-23(11-9-20)33-15-14-29-12-3-2-4-13-29/h5-11,16-19H,2-4,12-15H2,1H3/p+1. The Balaban J connectivity index is 1.30. The molecule has 0 amide bonds. The van der Waals surface area contributed by atoms with E-state index in [4.69, 9.17) is 4.74 Å². The number of fused-ring (bicyclic) bond motifs is 1. The average Bonchev–Trinajstić information content (AvgIpc) is 3.28. The lowest BCUT2D eigenvalue weighted by atomic mass is 10.1. The van der Waals surface area contributed by atoms with Crippen molar-refractivity contribution < 1.29 is 13.5 Å². The molecule has 1 aliphatic heterocycles. The van der Waals surface area contributed by atoms with Gasteiger partial charge in [0.25, 0.3) is 0 Å². The Bertz CT molecular complexity index is 1320. The summed E-state index contributed by atoms with van der Waals surface area (Å²) in [6.07, 6.45) is 10.7. The summed E-state index contributed by atoms with van der Waals surface area (Å²) in [5.41, 5.74) is 4.29. The van der Waals surface area contributed by atoms with Crippen molar-refractivity contribution in [1.29, 1.82) is 0 Å². The van der Waals surface area contributed by atoms with Gasteiger partial charge in [-0.05, 0) is 55.3 Å². The zero-order valence-electron chi connectivity index (χ0n) is 19.3. The fraction of sp³-hybridized carbons (Fsp3) is 0.308. The minimum atomic E-state index is -3.04. The van der Waals surface area contributed by atoms with Crippen LogP contribution in [0.3, 0.4) is 0 Å². The molecule has 2 aromatic heterocycles. The SMILES string of the molecule is C[S+](=O)(O)c1cccc(-c2cnn3cc(-c4ccc(OCCN5CCCCC5)cc4)cnc23)c1. The maximum absolute atomic E-state index is 12.0. The molecular formula is C26H29N4O3S+. The number of rotatable bonds is 7. The molecule has 34 heavy (non-hydrogen) atoms. The van der Waals surface area contributed by atoms with E-state index in [1.807, 2.05) is 42.7 Å². The maximum Gasteiger partial charge on any atom is 0.244 e. The molecule has 0 radical (unpaired) electrons. The number of aromatic nitrogens is 3. The summed E-state index contributed by atoms with van der Waals surface area (Å²) in [5.74, 6) is 0.868. The average molecular weight is 478 g/mol. The van der Waals surface area contributed by atoms with Gasteiger partial charge in [0.2, 0.25) is 10.2 Å². The monoisotopic (exact) mass is 477 g/mol. The molecule has 4 aromatic rings. The quantitative estimate of drug-likeness (QED) is 0.382. The van der Waals surface area contributed by atoms with E-state index in [2.05, 4.69) is 15.0 Å². The molecule has 7 nitrogen and oxygen atoms in total. The Morgan fingerprint density at radius 3 is 2.56 bits per heavy atom. The molecular weight excluding hydrogens is 448 g/mol. The van der Waals surface area contributed by atoms with Gasteiger partial charge in [-0.3, -0.25) is 4.90 Å². The number of hydrogen-bond donors (Lipinski definition) is 1. The highest BCUT2D eigenvalue weighted by Crippen LogP contribution is 2.28. The van der Waals surface area contributed by atoms with Crippen LogP contribution >= 0.6 is 0 Å². The van der Waals surface area contributed by atoms with E-state index < -0.39 is 10.2 Å². The van der Waals surface area contributed by atoms with Crippen molar-refractivity contribution >= 4 is 15.9 Å². The Labute approximate surface area is 200 Å². The maximum atomic E-state index is 12.0. The molecule has 0 spiro atoms. The molecule has 3 heterocycles. The second kappa shape index (κ2) is 9.66. The van der Waals surface area contributed by atoms with Crippen LogP contribution in [0.2, 0.25) is 0 Å². The van der Waals surface area contributed by atoms with E-state index in [9.17, 15) is 8.76 Å². The lowest BCUT2D eigenvalue weighted by Crippen LogP contribution is -2.33. The molecule has 1 fully saturated rings. The van der Waals surface area contributed by atoms with Crippen LogP contribution in [0.1, 0.15) is 19.3 Å². The normalized spacial score (nSPS) is 16.4. The smallest absolute Gasteiger partial charge is 0.244 e. The number of ether oxygens (including phenoxy) is 1. The predicted octanol–water partition coefficient (Wildman–Crippen LogP) is 4.89. The van der Waals surface area contributed by atoms with Crippen LogP contribution in [0.5, 0.6) is 5.75 Å². The van der Waals surface area contributed by atoms with Crippen molar-refractivity contribution in [3.05, 3.63) is 67.1 Å². The first kappa shape index (κ1) is 22.7. The van der Waals surface area contributed by atoms with E-state index in [-0.39, 0.29) is 0 Å². The van der Waals surface area contributed by atoms with Crippen molar-refractivity contribution in [3.8, 4) is 28.0 Å². The highest BCUT2D eigenvalue weighted by atomic mass is 32.3. The second-order valence-electron chi connectivity index (χ2n) is 8.77. The third-order valence-electron chi connectivity index (χ3n) is 6.25.